The minimum Gasteiger partial charge on any atom is -0.424 e. The number of anilines is 1. The molecule has 0 bridgehead atoms. The number of ether oxygens (including phenoxy) is 1. The number of aryl methyl sites for hydroxylation is 2. The highest BCUT2D eigenvalue weighted by Crippen LogP contribution is 2.25. The highest BCUT2D eigenvalue weighted by Gasteiger charge is 2.21. The van der Waals surface area contributed by atoms with Crippen LogP contribution in [0.15, 0.2) is 59.4 Å². The number of esters is 1. The second kappa shape index (κ2) is 10.5. The maximum Gasteiger partial charge on any atom is 0.308 e. The molecule has 3 aromatic rings. The third-order valence-corrected chi connectivity index (χ3v) is 6.20. The van der Waals surface area contributed by atoms with Crippen LogP contribution in [-0.4, -0.2) is 16.4 Å². The van der Waals surface area contributed by atoms with Crippen molar-refractivity contribution in [2.24, 2.45) is 0 Å². The molecule has 1 aliphatic rings. The van der Waals surface area contributed by atoms with Crippen molar-refractivity contribution >= 4 is 17.6 Å². The van der Waals surface area contributed by atoms with E-state index in [-0.39, 0.29) is 16.9 Å². The van der Waals surface area contributed by atoms with Crippen molar-refractivity contribution in [2.45, 2.75) is 58.9 Å². The number of carbonyl (C=O) groups excluding carboxylic acids is 2. The van der Waals surface area contributed by atoms with E-state index in [4.69, 9.17) is 4.74 Å². The third kappa shape index (κ3) is 5.45. The summed E-state index contributed by atoms with van der Waals surface area (Å²) in [6.45, 7) is 3.76. The molecular formula is C28H30N2O4. The molecule has 4 rings (SSSR count). The lowest BCUT2D eigenvalue weighted by Crippen LogP contribution is -2.33. The predicted octanol–water partition coefficient (Wildman–Crippen LogP) is 5.04. The number of pyridine rings is 1. The average Bonchev–Trinajstić information content (AvgIpc) is 2.79. The molecule has 0 saturated heterocycles. The Kier molecular flexibility index (Phi) is 7.26. The van der Waals surface area contributed by atoms with Gasteiger partial charge in [-0.2, -0.15) is 0 Å². The third-order valence-electron chi connectivity index (χ3n) is 6.20. The smallest absolute Gasteiger partial charge is 0.308 e. The van der Waals surface area contributed by atoms with Gasteiger partial charge in [0.2, 0.25) is 0 Å². The van der Waals surface area contributed by atoms with E-state index in [1.807, 2.05) is 31.2 Å². The van der Waals surface area contributed by atoms with Crippen molar-refractivity contribution < 1.29 is 14.3 Å². The molecule has 0 fully saturated rings. The van der Waals surface area contributed by atoms with Crippen LogP contribution in [-0.2, 0) is 24.2 Å². The first-order chi connectivity index (χ1) is 16.4. The average molecular weight is 459 g/mol. The molecular weight excluding hydrogens is 428 g/mol. The zero-order chi connectivity index (χ0) is 24.1. The summed E-state index contributed by atoms with van der Waals surface area (Å²) in [4.78, 5) is 38.4. The molecule has 34 heavy (non-hydrogen) atoms. The number of hydrogen-bond donors (Lipinski definition) is 1. The monoisotopic (exact) mass is 458 g/mol. The predicted molar refractivity (Wildman–Crippen MR) is 133 cm³/mol. The molecule has 1 aromatic heterocycles. The number of nitrogens with zero attached hydrogens (tertiary/aromatic N) is 1. The fraction of sp³-hybridized carbons (Fsp3) is 0.321. The number of benzene rings is 2. The molecule has 0 radical (unpaired) electrons. The first-order valence-corrected chi connectivity index (χ1v) is 11.8. The Balaban J connectivity index is 1.74. The fourth-order valence-corrected chi connectivity index (χ4v) is 4.44. The number of hydrogen-bond acceptors (Lipinski definition) is 4. The summed E-state index contributed by atoms with van der Waals surface area (Å²) < 4.78 is 6.98. The lowest BCUT2D eigenvalue weighted by Gasteiger charge is -2.21. The van der Waals surface area contributed by atoms with Gasteiger partial charge in [-0.3, -0.25) is 14.4 Å². The van der Waals surface area contributed by atoms with Gasteiger partial charge in [0.15, 0.2) is 5.75 Å². The molecule has 0 saturated carbocycles. The summed E-state index contributed by atoms with van der Waals surface area (Å²) in [5.41, 5.74) is 4.41. The number of para-hydroxylation sites is 2. The minimum atomic E-state index is -0.507. The Bertz CT molecular complexity index is 1260. The van der Waals surface area contributed by atoms with Gasteiger partial charge in [-0.25, -0.2) is 0 Å². The summed E-state index contributed by atoms with van der Waals surface area (Å²) in [5.74, 6) is -0.745. The van der Waals surface area contributed by atoms with Crippen LogP contribution in [0, 0.1) is 6.92 Å². The van der Waals surface area contributed by atoms with Crippen LogP contribution in [0.4, 0.5) is 5.69 Å². The van der Waals surface area contributed by atoms with Crippen molar-refractivity contribution in [1.82, 2.24) is 4.57 Å². The molecule has 176 valence electrons. The van der Waals surface area contributed by atoms with E-state index in [1.165, 1.54) is 6.92 Å². The molecule has 6 nitrogen and oxygen atoms in total. The summed E-state index contributed by atoms with van der Waals surface area (Å²) in [6.07, 6.45) is 6.02. The van der Waals surface area contributed by atoms with E-state index >= 15 is 0 Å². The van der Waals surface area contributed by atoms with Crippen LogP contribution in [0.3, 0.4) is 0 Å². The highest BCUT2D eigenvalue weighted by molar-refractivity contribution is 6.05. The normalized spacial score (nSPS) is 13.4. The van der Waals surface area contributed by atoms with E-state index in [1.54, 1.807) is 34.9 Å². The van der Waals surface area contributed by atoms with Crippen molar-refractivity contribution in [3.05, 3.63) is 92.9 Å². The first-order valence-electron chi connectivity index (χ1n) is 11.8. The molecule has 1 heterocycles. The van der Waals surface area contributed by atoms with Gasteiger partial charge in [-0.15, -0.1) is 0 Å². The highest BCUT2D eigenvalue weighted by atomic mass is 16.5. The largest absolute Gasteiger partial charge is 0.424 e. The maximum atomic E-state index is 13.6. The van der Waals surface area contributed by atoms with Gasteiger partial charge in [0.25, 0.3) is 11.5 Å². The van der Waals surface area contributed by atoms with Crippen LogP contribution >= 0.6 is 0 Å². The van der Waals surface area contributed by atoms with Gasteiger partial charge < -0.3 is 14.6 Å². The quantitative estimate of drug-likeness (QED) is 0.429. The number of nitrogens with one attached hydrogen (secondary N) is 1. The van der Waals surface area contributed by atoms with Crippen molar-refractivity contribution in [2.75, 3.05) is 5.32 Å². The number of rotatable bonds is 5. The number of amides is 1. The molecule has 1 aliphatic carbocycles. The minimum absolute atomic E-state index is 0.101. The van der Waals surface area contributed by atoms with Gasteiger partial charge in [0.1, 0.15) is 5.56 Å². The Morgan fingerprint density at radius 3 is 2.41 bits per heavy atom. The SMILES string of the molecule is CC(=O)Oc1ccccc1NC(=O)c1cc2c(n(Cc3ccc(C)cc3)c1=O)CCCCCC2. The van der Waals surface area contributed by atoms with Gasteiger partial charge in [-0.1, -0.05) is 54.8 Å². The van der Waals surface area contributed by atoms with Gasteiger partial charge in [-0.05, 0) is 61.9 Å². The lowest BCUT2D eigenvalue weighted by molar-refractivity contribution is -0.131. The lowest BCUT2D eigenvalue weighted by atomic mass is 9.95. The van der Waals surface area contributed by atoms with Crippen molar-refractivity contribution in [1.29, 1.82) is 0 Å². The summed E-state index contributed by atoms with van der Waals surface area (Å²) in [5, 5.41) is 2.78. The standard InChI is InChI=1S/C28H30N2O4/c1-19-13-15-21(16-14-19)18-30-25-11-6-4-3-5-9-22(25)17-23(28(30)33)27(32)29-24-10-7-8-12-26(24)34-20(2)31/h7-8,10,12-17H,3-6,9,11,18H2,1-2H3,(H,29,32). The van der Waals surface area contributed by atoms with Crippen LogP contribution in [0.5, 0.6) is 5.75 Å². The number of carbonyl (C=O) groups is 2. The van der Waals surface area contributed by atoms with Crippen LogP contribution in [0.1, 0.15) is 65.3 Å². The van der Waals surface area contributed by atoms with E-state index in [2.05, 4.69) is 5.32 Å². The number of fused-ring (bicyclic) bond motifs is 1. The van der Waals surface area contributed by atoms with Crippen molar-refractivity contribution in [3.8, 4) is 5.75 Å². The zero-order valence-electron chi connectivity index (χ0n) is 19.7. The Hall–Kier alpha value is -3.67. The molecule has 0 spiro atoms. The first kappa shape index (κ1) is 23.5. The van der Waals surface area contributed by atoms with Gasteiger partial charge in [0, 0.05) is 12.6 Å². The van der Waals surface area contributed by atoms with E-state index in [0.717, 1.165) is 60.9 Å². The second-order valence-corrected chi connectivity index (χ2v) is 8.86. The maximum absolute atomic E-state index is 13.6. The molecule has 0 aliphatic heterocycles. The van der Waals surface area contributed by atoms with Crippen LogP contribution < -0.4 is 15.6 Å². The van der Waals surface area contributed by atoms with Gasteiger partial charge >= 0.3 is 5.97 Å². The Morgan fingerprint density at radius 1 is 0.971 bits per heavy atom. The van der Waals surface area contributed by atoms with Crippen molar-refractivity contribution in [3.63, 3.8) is 0 Å². The van der Waals surface area contributed by atoms with Crippen LogP contribution in [0.25, 0.3) is 0 Å². The molecule has 1 N–H and O–H groups in total. The molecule has 6 heteroatoms. The topological polar surface area (TPSA) is 77.4 Å². The number of aromatic nitrogens is 1. The fourth-order valence-electron chi connectivity index (χ4n) is 4.44. The Labute approximate surface area is 199 Å². The van der Waals surface area contributed by atoms with Gasteiger partial charge in [0.05, 0.1) is 12.2 Å². The van der Waals surface area contributed by atoms with Crippen LogP contribution in [0.2, 0.25) is 0 Å². The van der Waals surface area contributed by atoms with E-state index in [0.29, 0.717) is 12.2 Å². The summed E-state index contributed by atoms with van der Waals surface area (Å²) in [6, 6.07) is 16.6. The molecule has 0 unspecified atom stereocenters. The zero-order valence-corrected chi connectivity index (χ0v) is 19.7. The van der Waals surface area contributed by atoms with E-state index in [9.17, 15) is 14.4 Å². The molecule has 1 amide bonds. The molecule has 0 atom stereocenters. The molecule has 2 aromatic carbocycles. The second-order valence-electron chi connectivity index (χ2n) is 8.86. The summed E-state index contributed by atoms with van der Waals surface area (Å²) in [7, 11) is 0. The Morgan fingerprint density at radius 2 is 1.68 bits per heavy atom. The van der Waals surface area contributed by atoms with E-state index < -0.39 is 11.9 Å². The summed E-state index contributed by atoms with van der Waals surface area (Å²) >= 11 is 0.